The van der Waals surface area contributed by atoms with Crippen LogP contribution in [0.25, 0.3) is 0 Å². The molecular formula is C17H24N4OS. The maximum atomic E-state index is 9.26. The van der Waals surface area contributed by atoms with E-state index in [1.165, 1.54) is 4.88 Å². The van der Waals surface area contributed by atoms with Gasteiger partial charge in [-0.05, 0) is 24.9 Å². The Morgan fingerprint density at radius 1 is 1.35 bits per heavy atom. The minimum absolute atomic E-state index is 0.0756. The van der Waals surface area contributed by atoms with Gasteiger partial charge >= 0.3 is 0 Å². The predicted molar refractivity (Wildman–Crippen MR) is 90.9 cm³/mol. The molecule has 0 aromatic carbocycles. The molecule has 0 spiro atoms. The summed E-state index contributed by atoms with van der Waals surface area (Å²) in [7, 11) is 2.07. The topological polar surface area (TPSA) is 63.3 Å². The molecule has 0 N–H and O–H groups in total. The minimum atomic E-state index is -0.0756. The molecule has 1 aliphatic rings. The molecule has 2 rings (SSSR count). The first-order valence-corrected chi connectivity index (χ1v) is 8.93. The number of hydrogen-bond acceptors (Lipinski definition) is 6. The van der Waals surface area contributed by atoms with Crippen LogP contribution in [-0.4, -0.2) is 56.2 Å². The first-order valence-electron chi connectivity index (χ1n) is 8.05. The average molecular weight is 332 g/mol. The Morgan fingerprint density at radius 2 is 2.13 bits per heavy atom. The van der Waals surface area contributed by atoms with E-state index in [0.717, 1.165) is 32.8 Å². The van der Waals surface area contributed by atoms with Crippen molar-refractivity contribution in [2.75, 3.05) is 46.4 Å². The minimum Gasteiger partial charge on any atom is -0.379 e. The van der Waals surface area contributed by atoms with Crippen LogP contribution in [0.2, 0.25) is 0 Å². The monoisotopic (exact) mass is 332 g/mol. The van der Waals surface area contributed by atoms with E-state index in [1.807, 2.05) is 0 Å². The van der Waals surface area contributed by atoms with Crippen LogP contribution >= 0.6 is 11.3 Å². The van der Waals surface area contributed by atoms with Crippen molar-refractivity contribution in [2.45, 2.75) is 18.9 Å². The largest absolute Gasteiger partial charge is 0.379 e. The molecule has 1 aromatic rings. The standard InChI is InChI=1S/C17H24N4OS/c1-20(13-15(12-19)4-2-6-18)14-16(17-5-3-11-23-17)21-7-9-22-10-8-21/h3,5,11,15-16H,2,4,7-10,13-14H2,1H3/t15-,16-/m0/s1. The number of ether oxygens (including phenoxy) is 1. The van der Waals surface area contributed by atoms with Crippen molar-refractivity contribution in [1.29, 1.82) is 10.5 Å². The van der Waals surface area contributed by atoms with Gasteiger partial charge in [-0.25, -0.2) is 0 Å². The number of hydrogen-bond donors (Lipinski definition) is 0. The van der Waals surface area contributed by atoms with Gasteiger partial charge in [0.15, 0.2) is 0 Å². The summed E-state index contributed by atoms with van der Waals surface area (Å²) in [4.78, 5) is 6.07. The van der Waals surface area contributed by atoms with Gasteiger partial charge in [0.1, 0.15) is 0 Å². The van der Waals surface area contributed by atoms with Crippen molar-refractivity contribution in [2.24, 2.45) is 5.92 Å². The highest BCUT2D eigenvalue weighted by atomic mass is 32.1. The van der Waals surface area contributed by atoms with E-state index in [4.69, 9.17) is 10.00 Å². The molecule has 1 saturated heterocycles. The van der Waals surface area contributed by atoms with E-state index in [9.17, 15) is 5.26 Å². The molecule has 0 unspecified atom stereocenters. The zero-order valence-corrected chi connectivity index (χ0v) is 14.5. The van der Waals surface area contributed by atoms with E-state index in [-0.39, 0.29) is 5.92 Å². The van der Waals surface area contributed by atoms with Gasteiger partial charge in [-0.15, -0.1) is 11.3 Å². The molecule has 2 atom stereocenters. The van der Waals surface area contributed by atoms with Crippen LogP contribution in [0.3, 0.4) is 0 Å². The SMILES string of the molecule is CN(C[C@H](C#N)CCC#N)C[C@@H](c1cccs1)N1CCOCC1. The Kier molecular flexibility index (Phi) is 7.51. The number of likely N-dealkylation sites (N-methyl/N-ethyl adjacent to an activating group) is 1. The van der Waals surface area contributed by atoms with Gasteiger partial charge in [-0.3, -0.25) is 4.90 Å². The highest BCUT2D eigenvalue weighted by Crippen LogP contribution is 2.27. The summed E-state index contributed by atoms with van der Waals surface area (Å²) in [5.74, 6) is -0.0756. The highest BCUT2D eigenvalue weighted by Gasteiger charge is 2.25. The second-order valence-electron chi connectivity index (χ2n) is 5.92. The number of rotatable bonds is 8. The van der Waals surface area contributed by atoms with Crippen molar-refractivity contribution in [3.8, 4) is 12.1 Å². The van der Waals surface area contributed by atoms with Crippen molar-refractivity contribution in [1.82, 2.24) is 9.80 Å². The third-order valence-corrected chi connectivity index (χ3v) is 5.14. The summed E-state index contributed by atoms with van der Waals surface area (Å²) in [6.45, 7) is 5.08. The van der Waals surface area contributed by atoms with Crippen LogP contribution in [-0.2, 0) is 4.74 Å². The predicted octanol–water partition coefficient (Wildman–Crippen LogP) is 2.50. The third kappa shape index (κ3) is 5.60. The lowest BCUT2D eigenvalue weighted by atomic mass is 10.0. The summed E-state index contributed by atoms with van der Waals surface area (Å²) in [5, 5.41) is 20.1. The fourth-order valence-electron chi connectivity index (χ4n) is 2.94. The normalized spacial score (nSPS) is 18.3. The summed E-state index contributed by atoms with van der Waals surface area (Å²) in [6.07, 6.45) is 1.10. The van der Waals surface area contributed by atoms with E-state index in [1.54, 1.807) is 11.3 Å². The van der Waals surface area contributed by atoms with Gasteiger partial charge in [0, 0.05) is 37.5 Å². The molecule has 0 bridgehead atoms. The summed E-state index contributed by atoms with van der Waals surface area (Å²) in [5.41, 5.74) is 0. The zero-order chi connectivity index (χ0) is 16.5. The van der Waals surface area contributed by atoms with Gasteiger partial charge in [0.2, 0.25) is 0 Å². The molecule has 1 aromatic heterocycles. The van der Waals surface area contributed by atoms with Gasteiger partial charge in [0.25, 0.3) is 0 Å². The van der Waals surface area contributed by atoms with E-state index in [0.29, 0.717) is 25.4 Å². The van der Waals surface area contributed by atoms with E-state index >= 15 is 0 Å². The quantitative estimate of drug-likeness (QED) is 0.732. The average Bonchev–Trinajstić information content (AvgIpc) is 3.11. The number of nitrogens with zero attached hydrogens (tertiary/aromatic N) is 4. The molecule has 6 heteroatoms. The van der Waals surface area contributed by atoms with Crippen LogP contribution < -0.4 is 0 Å². The fraction of sp³-hybridized carbons (Fsp3) is 0.647. The lowest BCUT2D eigenvalue weighted by molar-refractivity contribution is 0.00959. The molecule has 0 saturated carbocycles. The molecule has 0 radical (unpaired) electrons. The van der Waals surface area contributed by atoms with Crippen molar-refractivity contribution in [3.05, 3.63) is 22.4 Å². The molecule has 2 heterocycles. The van der Waals surface area contributed by atoms with Crippen LogP contribution in [0.5, 0.6) is 0 Å². The lowest BCUT2D eigenvalue weighted by Crippen LogP contribution is -2.43. The Bertz CT molecular complexity index is 528. The first kappa shape index (κ1) is 17.9. The third-order valence-electron chi connectivity index (χ3n) is 4.16. The molecule has 0 aliphatic carbocycles. The van der Waals surface area contributed by atoms with Crippen LogP contribution in [0, 0.1) is 28.6 Å². The molecule has 124 valence electrons. The molecule has 1 aliphatic heterocycles. The number of thiophene rings is 1. The van der Waals surface area contributed by atoms with Gasteiger partial charge in [-0.2, -0.15) is 10.5 Å². The summed E-state index contributed by atoms with van der Waals surface area (Å²) in [6, 6.07) is 9.09. The summed E-state index contributed by atoms with van der Waals surface area (Å²) < 4.78 is 5.47. The Labute approximate surface area is 142 Å². The molecule has 0 amide bonds. The van der Waals surface area contributed by atoms with Crippen LogP contribution in [0.15, 0.2) is 17.5 Å². The maximum absolute atomic E-state index is 9.26. The zero-order valence-electron chi connectivity index (χ0n) is 13.6. The fourth-order valence-corrected chi connectivity index (χ4v) is 3.79. The Hall–Kier alpha value is -1.44. The molecule has 23 heavy (non-hydrogen) atoms. The van der Waals surface area contributed by atoms with Gasteiger partial charge in [0.05, 0.1) is 37.3 Å². The smallest absolute Gasteiger partial charge is 0.0669 e. The van der Waals surface area contributed by atoms with Crippen molar-refractivity contribution >= 4 is 11.3 Å². The summed E-state index contributed by atoms with van der Waals surface area (Å²) >= 11 is 1.79. The van der Waals surface area contributed by atoms with E-state index < -0.39 is 0 Å². The second kappa shape index (κ2) is 9.64. The van der Waals surface area contributed by atoms with Crippen molar-refractivity contribution in [3.63, 3.8) is 0 Å². The maximum Gasteiger partial charge on any atom is 0.0669 e. The Balaban J connectivity index is 1.97. The lowest BCUT2D eigenvalue weighted by Gasteiger charge is -2.36. The second-order valence-corrected chi connectivity index (χ2v) is 6.90. The Morgan fingerprint density at radius 3 is 2.74 bits per heavy atom. The van der Waals surface area contributed by atoms with Gasteiger partial charge in [-0.1, -0.05) is 6.07 Å². The van der Waals surface area contributed by atoms with Crippen LogP contribution in [0.4, 0.5) is 0 Å². The molecular weight excluding hydrogens is 308 g/mol. The van der Waals surface area contributed by atoms with Crippen molar-refractivity contribution < 1.29 is 4.74 Å². The number of morpholine rings is 1. The van der Waals surface area contributed by atoms with Crippen LogP contribution in [0.1, 0.15) is 23.8 Å². The first-order chi connectivity index (χ1) is 11.2. The molecule has 5 nitrogen and oxygen atoms in total. The number of nitriles is 2. The molecule has 1 fully saturated rings. The van der Waals surface area contributed by atoms with E-state index in [2.05, 4.69) is 46.5 Å². The van der Waals surface area contributed by atoms with Gasteiger partial charge < -0.3 is 9.64 Å². The highest BCUT2D eigenvalue weighted by molar-refractivity contribution is 7.10.